The van der Waals surface area contributed by atoms with E-state index in [0.717, 1.165) is 40.5 Å². The molecule has 1 saturated carbocycles. The Morgan fingerprint density at radius 1 is 1.39 bits per heavy atom. The van der Waals surface area contributed by atoms with Crippen molar-refractivity contribution >= 4 is 27.5 Å². The van der Waals surface area contributed by atoms with Crippen molar-refractivity contribution in [1.29, 1.82) is 0 Å². The molecule has 18 heavy (non-hydrogen) atoms. The Morgan fingerprint density at radius 2 is 1.94 bits per heavy atom. The van der Waals surface area contributed by atoms with E-state index in [0.29, 0.717) is 6.54 Å². The van der Waals surface area contributed by atoms with Gasteiger partial charge >= 0.3 is 0 Å². The van der Waals surface area contributed by atoms with Crippen LogP contribution in [-0.2, 0) is 4.79 Å². The van der Waals surface area contributed by atoms with E-state index in [1.807, 2.05) is 26.0 Å². The summed E-state index contributed by atoms with van der Waals surface area (Å²) >= 11 is 3.52. The summed E-state index contributed by atoms with van der Waals surface area (Å²) < 4.78 is 1.10. The molecule has 3 N–H and O–H groups in total. The highest BCUT2D eigenvalue weighted by Crippen LogP contribution is 2.41. The maximum absolute atomic E-state index is 12.3. The van der Waals surface area contributed by atoms with Crippen molar-refractivity contribution in [3.8, 4) is 0 Å². The Labute approximate surface area is 116 Å². The number of nitrogens with one attached hydrogen (secondary N) is 1. The maximum atomic E-state index is 12.3. The zero-order valence-corrected chi connectivity index (χ0v) is 12.4. The summed E-state index contributed by atoms with van der Waals surface area (Å²) in [6.45, 7) is 4.48. The van der Waals surface area contributed by atoms with Gasteiger partial charge in [0.1, 0.15) is 0 Å². The van der Waals surface area contributed by atoms with Gasteiger partial charge in [0.25, 0.3) is 0 Å². The molecule has 0 aliphatic heterocycles. The molecule has 1 aliphatic rings. The van der Waals surface area contributed by atoms with Crippen LogP contribution in [0.1, 0.15) is 30.4 Å². The molecule has 98 valence electrons. The fraction of sp³-hybridized carbons (Fsp3) is 0.500. The zero-order chi connectivity index (χ0) is 13.3. The van der Waals surface area contributed by atoms with Gasteiger partial charge < -0.3 is 11.1 Å². The molecule has 3 nitrogen and oxygen atoms in total. The molecule has 1 amide bonds. The normalized spacial score (nSPS) is 17.1. The largest absolute Gasteiger partial charge is 0.329 e. The first-order valence-corrected chi connectivity index (χ1v) is 7.06. The summed E-state index contributed by atoms with van der Waals surface area (Å²) in [5.74, 6) is 0.0670. The van der Waals surface area contributed by atoms with Gasteiger partial charge in [-0.15, -0.1) is 0 Å². The van der Waals surface area contributed by atoms with E-state index in [2.05, 4.69) is 21.2 Å². The second-order valence-corrected chi connectivity index (χ2v) is 6.01. The lowest BCUT2D eigenvalue weighted by Crippen LogP contribution is -2.47. The van der Waals surface area contributed by atoms with Gasteiger partial charge in [-0.05, 0) is 49.9 Å². The third-order valence-corrected chi connectivity index (χ3v) is 5.13. The Morgan fingerprint density at radius 3 is 2.33 bits per heavy atom. The highest BCUT2D eigenvalue weighted by Gasteiger charge is 2.42. The summed E-state index contributed by atoms with van der Waals surface area (Å²) in [6, 6.07) is 3.97. The lowest BCUT2D eigenvalue weighted by Gasteiger charge is -2.39. The van der Waals surface area contributed by atoms with Crippen molar-refractivity contribution in [1.82, 2.24) is 0 Å². The van der Waals surface area contributed by atoms with Gasteiger partial charge in [-0.2, -0.15) is 0 Å². The Kier molecular flexibility index (Phi) is 3.78. The zero-order valence-electron chi connectivity index (χ0n) is 10.8. The predicted molar refractivity (Wildman–Crippen MR) is 77.6 cm³/mol. The maximum Gasteiger partial charge on any atom is 0.231 e. The third kappa shape index (κ3) is 2.31. The first-order chi connectivity index (χ1) is 8.48. The lowest BCUT2D eigenvalue weighted by molar-refractivity contribution is -0.129. The minimum Gasteiger partial charge on any atom is -0.329 e. The quantitative estimate of drug-likeness (QED) is 0.901. The average Bonchev–Trinajstić information content (AvgIpc) is 2.25. The highest BCUT2D eigenvalue weighted by atomic mass is 79.9. The van der Waals surface area contributed by atoms with Crippen LogP contribution in [-0.4, -0.2) is 12.5 Å². The van der Waals surface area contributed by atoms with Crippen molar-refractivity contribution in [3.05, 3.63) is 27.7 Å². The van der Waals surface area contributed by atoms with Gasteiger partial charge in [0, 0.05) is 16.7 Å². The smallest absolute Gasteiger partial charge is 0.231 e. The monoisotopic (exact) mass is 310 g/mol. The van der Waals surface area contributed by atoms with Gasteiger partial charge in [-0.3, -0.25) is 4.79 Å². The minimum atomic E-state index is -0.325. The number of aryl methyl sites for hydroxylation is 2. The number of hydrogen-bond donors (Lipinski definition) is 2. The first-order valence-electron chi connectivity index (χ1n) is 6.27. The van der Waals surface area contributed by atoms with Crippen LogP contribution < -0.4 is 11.1 Å². The Balaban J connectivity index is 2.17. The molecule has 1 aliphatic carbocycles. The second-order valence-electron chi connectivity index (χ2n) is 5.22. The van der Waals surface area contributed by atoms with Crippen LogP contribution in [0.5, 0.6) is 0 Å². The van der Waals surface area contributed by atoms with E-state index in [1.165, 1.54) is 0 Å². The summed E-state index contributed by atoms with van der Waals surface area (Å²) in [5, 5.41) is 3.00. The van der Waals surface area contributed by atoms with Gasteiger partial charge in [0.2, 0.25) is 5.91 Å². The number of rotatable bonds is 3. The van der Waals surface area contributed by atoms with E-state index >= 15 is 0 Å². The fourth-order valence-corrected chi connectivity index (χ4v) is 2.64. The van der Waals surface area contributed by atoms with Gasteiger partial charge in [-0.1, -0.05) is 22.4 Å². The summed E-state index contributed by atoms with van der Waals surface area (Å²) in [5.41, 5.74) is 8.52. The molecule has 0 heterocycles. The number of nitrogens with two attached hydrogens (primary N) is 1. The SMILES string of the molecule is Cc1cc(NC(=O)C2(CN)CCC2)cc(C)c1Br. The molecule has 2 rings (SSSR count). The average molecular weight is 311 g/mol. The Bertz CT molecular complexity index is 452. The van der Waals surface area contributed by atoms with Crippen LogP contribution in [0.25, 0.3) is 0 Å². The molecular weight excluding hydrogens is 292 g/mol. The van der Waals surface area contributed by atoms with Crippen LogP contribution in [0, 0.1) is 19.3 Å². The topological polar surface area (TPSA) is 55.1 Å². The third-order valence-electron chi connectivity index (χ3n) is 3.88. The molecular formula is C14H19BrN2O. The van der Waals surface area contributed by atoms with Crippen LogP contribution in [0.3, 0.4) is 0 Å². The molecule has 0 atom stereocenters. The van der Waals surface area contributed by atoms with E-state index in [-0.39, 0.29) is 11.3 Å². The molecule has 0 spiro atoms. The van der Waals surface area contributed by atoms with Crippen molar-refractivity contribution in [2.75, 3.05) is 11.9 Å². The number of amides is 1. The molecule has 0 aromatic heterocycles. The van der Waals surface area contributed by atoms with E-state index in [9.17, 15) is 4.79 Å². The number of carbonyl (C=O) groups excluding carboxylic acids is 1. The number of carbonyl (C=O) groups is 1. The van der Waals surface area contributed by atoms with Gasteiger partial charge in [-0.25, -0.2) is 0 Å². The molecule has 0 saturated heterocycles. The van der Waals surface area contributed by atoms with Crippen molar-refractivity contribution in [3.63, 3.8) is 0 Å². The molecule has 1 aromatic carbocycles. The van der Waals surface area contributed by atoms with E-state index in [4.69, 9.17) is 5.73 Å². The minimum absolute atomic E-state index is 0.0670. The fourth-order valence-electron chi connectivity index (χ4n) is 2.41. The number of anilines is 1. The van der Waals surface area contributed by atoms with Gasteiger partial charge in [0.15, 0.2) is 0 Å². The molecule has 0 unspecified atom stereocenters. The predicted octanol–water partition coefficient (Wildman–Crippen LogP) is 3.13. The van der Waals surface area contributed by atoms with Crippen molar-refractivity contribution in [2.45, 2.75) is 33.1 Å². The molecule has 0 bridgehead atoms. The van der Waals surface area contributed by atoms with Gasteiger partial charge in [0.05, 0.1) is 5.41 Å². The second kappa shape index (κ2) is 5.02. The molecule has 4 heteroatoms. The van der Waals surface area contributed by atoms with E-state index < -0.39 is 0 Å². The molecule has 1 fully saturated rings. The lowest BCUT2D eigenvalue weighted by atomic mass is 9.68. The van der Waals surface area contributed by atoms with Crippen molar-refractivity contribution < 1.29 is 4.79 Å². The number of hydrogen-bond acceptors (Lipinski definition) is 2. The number of halogens is 1. The summed E-state index contributed by atoms with van der Waals surface area (Å²) in [6.07, 6.45) is 2.91. The van der Waals surface area contributed by atoms with Crippen LogP contribution in [0.2, 0.25) is 0 Å². The number of benzene rings is 1. The van der Waals surface area contributed by atoms with Crippen LogP contribution in [0.4, 0.5) is 5.69 Å². The molecule has 0 radical (unpaired) electrons. The summed E-state index contributed by atoms with van der Waals surface area (Å²) in [7, 11) is 0. The standard InChI is InChI=1S/C14H19BrN2O/c1-9-6-11(7-10(2)12(9)15)17-13(18)14(8-16)4-3-5-14/h6-7H,3-5,8,16H2,1-2H3,(H,17,18). The van der Waals surface area contributed by atoms with Crippen LogP contribution in [0.15, 0.2) is 16.6 Å². The Hall–Kier alpha value is -0.870. The first kappa shape index (κ1) is 13.6. The van der Waals surface area contributed by atoms with E-state index in [1.54, 1.807) is 0 Å². The van der Waals surface area contributed by atoms with Crippen LogP contribution >= 0.6 is 15.9 Å². The highest BCUT2D eigenvalue weighted by molar-refractivity contribution is 9.10. The summed E-state index contributed by atoms with van der Waals surface area (Å²) in [4.78, 5) is 12.3. The van der Waals surface area contributed by atoms with Crippen molar-refractivity contribution in [2.24, 2.45) is 11.1 Å². The molecule has 1 aromatic rings.